The van der Waals surface area contributed by atoms with Gasteiger partial charge in [-0.25, -0.2) is 4.79 Å². The average Bonchev–Trinajstić information content (AvgIpc) is 3.28. The number of unbranched alkanes of at least 4 members (excludes halogenated alkanes) is 1. The first-order valence-corrected chi connectivity index (χ1v) is 10.5. The maximum absolute atomic E-state index is 12.4. The van der Waals surface area contributed by atoms with Gasteiger partial charge in [0.05, 0.1) is 12.7 Å². The highest BCUT2D eigenvalue weighted by atomic mass is 32.1. The lowest BCUT2D eigenvalue weighted by Crippen LogP contribution is -2.27. The SMILES string of the molecule is CCCCc1ccc(-c2cc3cn([C@H]4C[C@H](O)[C@@H](CO)O4)c(=O)nc3s2)cc1. The minimum atomic E-state index is -0.790. The molecule has 28 heavy (non-hydrogen) atoms. The molecular formula is C21H24N2O4S. The van der Waals surface area contributed by atoms with Gasteiger partial charge in [0.1, 0.15) is 17.2 Å². The van der Waals surface area contributed by atoms with E-state index in [9.17, 15) is 15.0 Å². The molecular weight excluding hydrogens is 376 g/mol. The van der Waals surface area contributed by atoms with Gasteiger partial charge < -0.3 is 14.9 Å². The highest BCUT2D eigenvalue weighted by molar-refractivity contribution is 7.21. The molecule has 2 aromatic heterocycles. The van der Waals surface area contributed by atoms with Gasteiger partial charge in [-0.15, -0.1) is 11.3 Å². The lowest BCUT2D eigenvalue weighted by molar-refractivity contribution is -0.0457. The molecule has 0 radical (unpaired) electrons. The van der Waals surface area contributed by atoms with Gasteiger partial charge in [-0.05, 0) is 30.0 Å². The molecule has 2 N–H and O–H groups in total. The number of ether oxygens (including phenoxy) is 1. The van der Waals surface area contributed by atoms with Gasteiger partial charge in [0, 0.05) is 22.9 Å². The molecule has 1 aromatic carbocycles. The van der Waals surface area contributed by atoms with Crippen molar-refractivity contribution in [1.29, 1.82) is 0 Å². The smallest absolute Gasteiger partial charge is 0.351 e. The molecule has 4 rings (SSSR count). The minimum absolute atomic E-state index is 0.258. The second-order valence-corrected chi connectivity index (χ2v) is 8.25. The summed E-state index contributed by atoms with van der Waals surface area (Å²) in [5.41, 5.74) is 2.03. The van der Waals surface area contributed by atoms with Crippen molar-refractivity contribution in [2.24, 2.45) is 0 Å². The van der Waals surface area contributed by atoms with E-state index in [4.69, 9.17) is 4.74 Å². The van der Waals surface area contributed by atoms with Crippen LogP contribution in [0.15, 0.2) is 41.3 Å². The Balaban J connectivity index is 1.62. The summed E-state index contributed by atoms with van der Waals surface area (Å²) < 4.78 is 7.01. The van der Waals surface area contributed by atoms with Gasteiger partial charge in [-0.2, -0.15) is 4.98 Å². The summed E-state index contributed by atoms with van der Waals surface area (Å²) in [6.07, 6.45) is 3.38. The number of fused-ring (bicyclic) bond motifs is 1. The Morgan fingerprint density at radius 2 is 2.11 bits per heavy atom. The number of hydrogen-bond acceptors (Lipinski definition) is 6. The third-order valence-electron chi connectivity index (χ3n) is 5.19. The van der Waals surface area contributed by atoms with Crippen LogP contribution in [0.2, 0.25) is 0 Å². The number of aliphatic hydroxyl groups excluding tert-OH is 2. The minimum Gasteiger partial charge on any atom is -0.394 e. The zero-order valence-corrected chi connectivity index (χ0v) is 16.6. The lowest BCUT2D eigenvalue weighted by atomic mass is 10.1. The Hall–Kier alpha value is -2.06. The molecule has 0 aliphatic carbocycles. The number of benzene rings is 1. The first-order valence-electron chi connectivity index (χ1n) is 9.65. The Bertz CT molecular complexity index is 1010. The van der Waals surface area contributed by atoms with Crippen molar-refractivity contribution in [2.75, 3.05) is 6.61 Å². The quantitative estimate of drug-likeness (QED) is 0.664. The van der Waals surface area contributed by atoms with Gasteiger partial charge in [0.15, 0.2) is 0 Å². The van der Waals surface area contributed by atoms with E-state index in [1.165, 1.54) is 34.3 Å². The molecule has 0 saturated carbocycles. The number of nitrogens with zero attached hydrogens (tertiary/aromatic N) is 2. The van der Waals surface area contributed by atoms with Crippen LogP contribution in [0.1, 0.15) is 38.0 Å². The first-order chi connectivity index (χ1) is 13.6. The van der Waals surface area contributed by atoms with Crippen molar-refractivity contribution in [3.05, 3.63) is 52.6 Å². The molecule has 0 spiro atoms. The fourth-order valence-electron chi connectivity index (χ4n) is 3.54. The van der Waals surface area contributed by atoms with E-state index in [1.54, 1.807) is 6.20 Å². The van der Waals surface area contributed by atoms with E-state index < -0.39 is 24.1 Å². The maximum atomic E-state index is 12.4. The zero-order chi connectivity index (χ0) is 19.7. The van der Waals surface area contributed by atoms with Crippen LogP contribution in [0.25, 0.3) is 20.7 Å². The van der Waals surface area contributed by atoms with Crippen molar-refractivity contribution >= 4 is 21.6 Å². The van der Waals surface area contributed by atoms with Crippen LogP contribution < -0.4 is 5.69 Å². The highest BCUT2D eigenvalue weighted by Crippen LogP contribution is 2.33. The van der Waals surface area contributed by atoms with Gasteiger partial charge in [0.25, 0.3) is 0 Å². The van der Waals surface area contributed by atoms with Gasteiger partial charge in [0.2, 0.25) is 0 Å². The molecule has 3 aromatic rings. The molecule has 7 heteroatoms. The third-order valence-corrected chi connectivity index (χ3v) is 6.28. The predicted molar refractivity (Wildman–Crippen MR) is 110 cm³/mol. The molecule has 1 saturated heterocycles. The van der Waals surface area contributed by atoms with E-state index in [2.05, 4.69) is 36.2 Å². The number of aliphatic hydroxyl groups is 2. The Morgan fingerprint density at radius 3 is 2.79 bits per heavy atom. The number of rotatable bonds is 6. The van der Waals surface area contributed by atoms with Crippen molar-refractivity contribution in [1.82, 2.24) is 9.55 Å². The van der Waals surface area contributed by atoms with Crippen LogP contribution in [0, 0.1) is 0 Å². The van der Waals surface area contributed by atoms with Crippen molar-refractivity contribution in [3.8, 4) is 10.4 Å². The van der Waals surface area contributed by atoms with E-state index in [1.807, 2.05) is 6.07 Å². The zero-order valence-electron chi connectivity index (χ0n) is 15.7. The fourth-order valence-corrected chi connectivity index (χ4v) is 4.54. The number of hydrogen-bond donors (Lipinski definition) is 2. The Labute approximate surface area is 167 Å². The molecule has 6 nitrogen and oxygen atoms in total. The summed E-state index contributed by atoms with van der Waals surface area (Å²) >= 11 is 1.49. The predicted octanol–water partition coefficient (Wildman–Crippen LogP) is 3.11. The number of aryl methyl sites for hydroxylation is 1. The van der Waals surface area contributed by atoms with Gasteiger partial charge >= 0.3 is 5.69 Å². The van der Waals surface area contributed by atoms with Crippen LogP contribution in [0.5, 0.6) is 0 Å². The van der Waals surface area contributed by atoms with Crippen LogP contribution in [-0.2, 0) is 11.2 Å². The largest absolute Gasteiger partial charge is 0.394 e. The summed E-state index contributed by atoms with van der Waals surface area (Å²) in [7, 11) is 0. The van der Waals surface area contributed by atoms with Crippen molar-refractivity contribution in [3.63, 3.8) is 0 Å². The third kappa shape index (κ3) is 3.75. The molecule has 0 unspecified atom stereocenters. The maximum Gasteiger partial charge on any atom is 0.351 e. The lowest BCUT2D eigenvalue weighted by Gasteiger charge is -2.14. The molecule has 148 valence electrons. The monoisotopic (exact) mass is 400 g/mol. The van der Waals surface area contributed by atoms with Crippen LogP contribution in [-0.4, -0.2) is 38.6 Å². The fraction of sp³-hybridized carbons (Fsp3) is 0.429. The van der Waals surface area contributed by atoms with E-state index in [0.29, 0.717) is 4.83 Å². The van der Waals surface area contributed by atoms with Crippen LogP contribution >= 0.6 is 11.3 Å². The van der Waals surface area contributed by atoms with Gasteiger partial charge in [-0.3, -0.25) is 4.57 Å². The Kier molecular flexibility index (Phi) is 5.59. The molecule has 0 bridgehead atoms. The van der Waals surface area contributed by atoms with Crippen LogP contribution in [0.3, 0.4) is 0 Å². The van der Waals surface area contributed by atoms with Crippen LogP contribution in [0.4, 0.5) is 0 Å². The van der Waals surface area contributed by atoms with E-state index in [0.717, 1.165) is 22.2 Å². The molecule has 0 amide bonds. The normalized spacial score (nSPS) is 22.2. The average molecular weight is 401 g/mol. The summed E-state index contributed by atoms with van der Waals surface area (Å²) in [5, 5.41) is 20.0. The second-order valence-electron chi connectivity index (χ2n) is 7.22. The first kappa shape index (κ1) is 19.3. The molecule has 1 fully saturated rings. The molecule has 1 aliphatic heterocycles. The summed E-state index contributed by atoms with van der Waals surface area (Å²) in [6.45, 7) is 1.91. The Morgan fingerprint density at radius 1 is 1.32 bits per heavy atom. The molecule has 3 atom stereocenters. The number of aromatic nitrogens is 2. The summed E-state index contributed by atoms with van der Waals surface area (Å²) in [5.74, 6) is 0. The number of thiophene rings is 1. The second kappa shape index (κ2) is 8.13. The van der Waals surface area contributed by atoms with E-state index >= 15 is 0 Å². The highest BCUT2D eigenvalue weighted by Gasteiger charge is 2.35. The summed E-state index contributed by atoms with van der Waals surface area (Å²) in [6, 6.07) is 10.6. The van der Waals surface area contributed by atoms with Crippen molar-refractivity contribution < 1.29 is 14.9 Å². The topological polar surface area (TPSA) is 84.6 Å². The molecule has 3 heterocycles. The van der Waals surface area contributed by atoms with Gasteiger partial charge in [-0.1, -0.05) is 37.6 Å². The standard InChI is InChI=1S/C21H24N2O4S/c1-2-3-4-13-5-7-14(8-6-13)18-9-15-11-23(21(26)22-20(15)28-18)19-10-16(25)17(12-24)27-19/h5-9,11,16-17,19,24-25H,2-4,10,12H2,1H3/t16-,17+,19+/m0/s1. The molecule has 1 aliphatic rings. The van der Waals surface area contributed by atoms with E-state index in [-0.39, 0.29) is 13.0 Å². The summed E-state index contributed by atoms with van der Waals surface area (Å²) in [4.78, 5) is 18.4. The van der Waals surface area contributed by atoms with Crippen molar-refractivity contribution in [2.45, 2.75) is 51.0 Å².